The molecule has 1 aromatic heterocycles. The van der Waals surface area contributed by atoms with E-state index in [4.69, 9.17) is 0 Å². The molecule has 1 heterocycles. The van der Waals surface area contributed by atoms with Crippen LogP contribution >= 0.6 is 11.3 Å². The van der Waals surface area contributed by atoms with Crippen LogP contribution in [-0.2, 0) is 11.3 Å². The molecule has 5 heteroatoms. The van der Waals surface area contributed by atoms with Crippen molar-refractivity contribution >= 4 is 17.3 Å². The molecule has 0 aliphatic heterocycles. The third-order valence-corrected chi connectivity index (χ3v) is 4.59. The monoisotopic (exact) mass is 332 g/mol. The molecule has 1 atom stereocenters. The Labute approximate surface area is 141 Å². The molecular weight excluding hydrogens is 308 g/mol. The Morgan fingerprint density at radius 2 is 2.00 bits per heavy atom. The number of carboxylic acids is 1. The minimum atomic E-state index is -0.732. The predicted molar refractivity (Wildman–Crippen MR) is 94.6 cm³/mol. The number of carboxylic acid groups (broad SMARTS) is 1. The van der Waals surface area contributed by atoms with Crippen LogP contribution in [0.1, 0.15) is 31.5 Å². The summed E-state index contributed by atoms with van der Waals surface area (Å²) in [7, 11) is 0. The van der Waals surface area contributed by atoms with Gasteiger partial charge in [0.1, 0.15) is 5.01 Å². The predicted octanol–water partition coefficient (Wildman–Crippen LogP) is 3.96. The van der Waals surface area contributed by atoms with Crippen LogP contribution in [-0.4, -0.2) is 22.6 Å². The lowest BCUT2D eigenvalue weighted by molar-refractivity contribution is -0.142. The third kappa shape index (κ3) is 5.44. The highest BCUT2D eigenvalue weighted by Crippen LogP contribution is 2.24. The average Bonchev–Trinajstić information content (AvgIpc) is 2.95. The smallest absolute Gasteiger partial charge is 0.307 e. The van der Waals surface area contributed by atoms with Crippen molar-refractivity contribution in [1.29, 1.82) is 0 Å². The van der Waals surface area contributed by atoms with E-state index in [1.54, 1.807) is 11.3 Å². The zero-order valence-electron chi connectivity index (χ0n) is 13.9. The number of aromatic nitrogens is 1. The second-order valence-corrected chi connectivity index (χ2v) is 7.16. The van der Waals surface area contributed by atoms with Gasteiger partial charge >= 0.3 is 5.97 Å². The standard InChI is InChI=1S/C18H24N2O2S/c1-12(2)8-15(18(21)22)9-19-10-16-11-23-17(20-16)14-6-4-13(3)5-7-14/h4-7,11-12,15,19H,8-10H2,1-3H3,(H,21,22). The Morgan fingerprint density at radius 1 is 1.30 bits per heavy atom. The van der Waals surface area contributed by atoms with Gasteiger partial charge in [-0.3, -0.25) is 4.79 Å². The SMILES string of the molecule is Cc1ccc(-c2nc(CNCC(CC(C)C)C(=O)O)cs2)cc1. The molecule has 0 spiro atoms. The van der Waals surface area contributed by atoms with Gasteiger partial charge in [-0.15, -0.1) is 11.3 Å². The van der Waals surface area contributed by atoms with Crippen LogP contribution in [0.2, 0.25) is 0 Å². The maximum atomic E-state index is 11.2. The van der Waals surface area contributed by atoms with Crippen molar-refractivity contribution in [1.82, 2.24) is 10.3 Å². The summed E-state index contributed by atoms with van der Waals surface area (Å²) in [5.41, 5.74) is 3.31. The quantitative estimate of drug-likeness (QED) is 0.768. The summed E-state index contributed by atoms with van der Waals surface area (Å²) in [5, 5.41) is 15.5. The third-order valence-electron chi connectivity index (χ3n) is 3.65. The molecule has 1 aromatic carbocycles. The highest BCUT2D eigenvalue weighted by Gasteiger charge is 2.18. The number of aliphatic carboxylic acids is 1. The molecule has 0 bridgehead atoms. The fourth-order valence-electron chi connectivity index (χ4n) is 2.43. The Morgan fingerprint density at radius 3 is 2.61 bits per heavy atom. The summed E-state index contributed by atoms with van der Waals surface area (Å²) in [6.07, 6.45) is 0.689. The number of nitrogens with one attached hydrogen (secondary N) is 1. The lowest BCUT2D eigenvalue weighted by Gasteiger charge is -2.14. The Bertz CT molecular complexity index is 635. The van der Waals surface area contributed by atoms with E-state index < -0.39 is 5.97 Å². The summed E-state index contributed by atoms with van der Waals surface area (Å²) in [6, 6.07) is 8.32. The van der Waals surface area contributed by atoms with Crippen LogP contribution in [0.3, 0.4) is 0 Å². The number of rotatable bonds is 8. The van der Waals surface area contributed by atoms with E-state index in [-0.39, 0.29) is 5.92 Å². The second-order valence-electron chi connectivity index (χ2n) is 6.31. The van der Waals surface area contributed by atoms with Crippen molar-refractivity contribution in [2.24, 2.45) is 11.8 Å². The molecule has 0 aliphatic rings. The van der Waals surface area contributed by atoms with Gasteiger partial charge in [0.2, 0.25) is 0 Å². The average molecular weight is 332 g/mol. The molecule has 4 nitrogen and oxygen atoms in total. The van der Waals surface area contributed by atoms with Gasteiger partial charge in [-0.05, 0) is 19.3 Å². The molecule has 0 saturated carbocycles. The van der Waals surface area contributed by atoms with Crippen molar-refractivity contribution in [3.63, 3.8) is 0 Å². The first kappa shape index (κ1) is 17.6. The molecule has 2 rings (SSSR count). The van der Waals surface area contributed by atoms with E-state index in [9.17, 15) is 9.90 Å². The topological polar surface area (TPSA) is 62.2 Å². The van der Waals surface area contributed by atoms with Crippen LogP contribution in [0.4, 0.5) is 0 Å². The molecule has 0 amide bonds. The summed E-state index contributed by atoms with van der Waals surface area (Å²) < 4.78 is 0. The van der Waals surface area contributed by atoms with Crippen LogP contribution in [0.5, 0.6) is 0 Å². The van der Waals surface area contributed by atoms with Gasteiger partial charge in [0.05, 0.1) is 11.6 Å². The highest BCUT2D eigenvalue weighted by atomic mass is 32.1. The zero-order chi connectivity index (χ0) is 16.8. The number of hydrogen-bond acceptors (Lipinski definition) is 4. The number of thiazole rings is 1. The van der Waals surface area contributed by atoms with E-state index in [0.717, 1.165) is 16.3 Å². The maximum absolute atomic E-state index is 11.2. The maximum Gasteiger partial charge on any atom is 0.307 e. The minimum absolute atomic E-state index is 0.342. The largest absolute Gasteiger partial charge is 0.481 e. The first-order valence-electron chi connectivity index (χ1n) is 7.90. The summed E-state index contributed by atoms with van der Waals surface area (Å²) >= 11 is 1.62. The summed E-state index contributed by atoms with van der Waals surface area (Å²) in [6.45, 7) is 7.24. The van der Waals surface area contributed by atoms with Crippen LogP contribution in [0.15, 0.2) is 29.6 Å². The summed E-state index contributed by atoms with van der Waals surface area (Å²) in [4.78, 5) is 15.9. The van der Waals surface area contributed by atoms with E-state index in [2.05, 4.69) is 41.5 Å². The molecule has 0 aliphatic carbocycles. The fraction of sp³-hybridized carbons (Fsp3) is 0.444. The number of hydrogen-bond donors (Lipinski definition) is 2. The van der Waals surface area contributed by atoms with Gasteiger partial charge in [0, 0.05) is 24.0 Å². The fourth-order valence-corrected chi connectivity index (χ4v) is 3.26. The Hall–Kier alpha value is -1.72. The van der Waals surface area contributed by atoms with E-state index >= 15 is 0 Å². The lowest BCUT2D eigenvalue weighted by atomic mass is 9.97. The second kappa shape index (κ2) is 8.22. The number of carbonyl (C=O) groups is 1. The van der Waals surface area contributed by atoms with Crippen LogP contribution in [0.25, 0.3) is 10.6 Å². The van der Waals surface area contributed by atoms with Gasteiger partial charge in [0.25, 0.3) is 0 Å². The number of aryl methyl sites for hydroxylation is 1. The van der Waals surface area contributed by atoms with E-state index in [1.165, 1.54) is 5.56 Å². The van der Waals surface area contributed by atoms with Crippen LogP contribution in [0, 0.1) is 18.8 Å². The highest BCUT2D eigenvalue weighted by molar-refractivity contribution is 7.13. The molecule has 0 fully saturated rings. The molecule has 0 saturated heterocycles. The molecule has 2 N–H and O–H groups in total. The van der Waals surface area contributed by atoms with Crippen molar-refractivity contribution in [2.45, 2.75) is 33.7 Å². The van der Waals surface area contributed by atoms with Crippen molar-refractivity contribution in [2.75, 3.05) is 6.54 Å². The minimum Gasteiger partial charge on any atom is -0.481 e. The van der Waals surface area contributed by atoms with E-state index in [0.29, 0.717) is 25.4 Å². The molecule has 124 valence electrons. The Balaban J connectivity index is 1.89. The Kier molecular flexibility index (Phi) is 6.30. The van der Waals surface area contributed by atoms with Gasteiger partial charge in [0.15, 0.2) is 0 Å². The molecule has 23 heavy (non-hydrogen) atoms. The molecule has 1 unspecified atom stereocenters. The number of benzene rings is 1. The summed E-state index contributed by atoms with van der Waals surface area (Å²) in [5.74, 6) is -0.694. The van der Waals surface area contributed by atoms with Crippen molar-refractivity contribution in [3.8, 4) is 10.6 Å². The van der Waals surface area contributed by atoms with Crippen LogP contribution < -0.4 is 5.32 Å². The van der Waals surface area contributed by atoms with Gasteiger partial charge < -0.3 is 10.4 Å². The molecular formula is C18H24N2O2S. The normalized spacial score (nSPS) is 12.5. The van der Waals surface area contributed by atoms with Gasteiger partial charge in [-0.1, -0.05) is 43.7 Å². The first-order valence-corrected chi connectivity index (χ1v) is 8.78. The first-order chi connectivity index (χ1) is 11.0. The molecule has 2 aromatic rings. The van der Waals surface area contributed by atoms with Gasteiger partial charge in [-0.2, -0.15) is 0 Å². The van der Waals surface area contributed by atoms with Gasteiger partial charge in [-0.25, -0.2) is 4.98 Å². The van der Waals surface area contributed by atoms with Crippen molar-refractivity contribution < 1.29 is 9.90 Å². The molecule has 0 radical (unpaired) electrons. The number of nitrogens with zero attached hydrogens (tertiary/aromatic N) is 1. The van der Waals surface area contributed by atoms with E-state index in [1.807, 2.05) is 19.2 Å². The lowest BCUT2D eigenvalue weighted by Crippen LogP contribution is -2.29. The van der Waals surface area contributed by atoms with Crippen molar-refractivity contribution in [3.05, 3.63) is 40.9 Å². The zero-order valence-corrected chi connectivity index (χ0v) is 14.7.